The summed E-state index contributed by atoms with van der Waals surface area (Å²) in [5.41, 5.74) is -0.616. The van der Waals surface area contributed by atoms with Crippen LogP contribution in [-0.2, 0) is 5.92 Å². The van der Waals surface area contributed by atoms with Crippen LogP contribution in [0.3, 0.4) is 0 Å². The number of hydrogen-bond donors (Lipinski definition) is 0. The van der Waals surface area contributed by atoms with Crippen molar-refractivity contribution >= 4 is 22.4 Å². The molecule has 4 aromatic heterocycles. The summed E-state index contributed by atoms with van der Waals surface area (Å²) < 4.78 is 73.7. The van der Waals surface area contributed by atoms with Crippen molar-refractivity contribution in [3.63, 3.8) is 0 Å². The Hall–Kier alpha value is -3.31. The maximum Gasteiger partial charge on any atom is 0.459 e. The van der Waals surface area contributed by atoms with E-state index in [0.717, 1.165) is 18.9 Å². The van der Waals surface area contributed by atoms with Gasteiger partial charge in [0.2, 0.25) is 6.39 Å². The van der Waals surface area contributed by atoms with Gasteiger partial charge in [-0.1, -0.05) is 0 Å². The molecule has 0 saturated carbocycles. The predicted octanol–water partition coefficient (Wildman–Crippen LogP) is 3.80. The minimum absolute atomic E-state index is 0.0657. The van der Waals surface area contributed by atoms with Crippen LogP contribution in [0.2, 0.25) is 0 Å². The lowest BCUT2D eigenvalue weighted by Gasteiger charge is -2.34. The molecule has 0 N–H and O–H groups in total. The van der Waals surface area contributed by atoms with E-state index < -0.39 is 17.8 Å². The molecule has 0 spiro atoms. The summed E-state index contributed by atoms with van der Waals surface area (Å²) in [6.45, 7) is 1.12. The highest BCUT2D eigenvalue weighted by Crippen LogP contribution is 2.45. The van der Waals surface area contributed by atoms with Gasteiger partial charge in [0.25, 0.3) is 5.89 Å². The van der Waals surface area contributed by atoms with E-state index in [1.54, 1.807) is 17.0 Å². The number of nitrogens with zero attached hydrogens (tertiary/aromatic N) is 6. The SMILES string of the molecule is FC(F)(F)C(F)(F)c1cc(N2CCC2)c2ccc3nc(-c4nnco4)cn3c2n1. The van der Waals surface area contributed by atoms with Crippen LogP contribution in [0.1, 0.15) is 12.1 Å². The van der Waals surface area contributed by atoms with Crippen molar-refractivity contribution in [2.75, 3.05) is 18.0 Å². The Kier molecular flexibility index (Phi) is 3.58. The summed E-state index contributed by atoms with van der Waals surface area (Å²) in [5.74, 6) is -5.01. The Morgan fingerprint density at radius 3 is 2.45 bits per heavy atom. The van der Waals surface area contributed by atoms with Gasteiger partial charge in [-0.25, -0.2) is 9.97 Å². The quantitative estimate of drug-likeness (QED) is 0.479. The summed E-state index contributed by atoms with van der Waals surface area (Å²) in [7, 11) is 0. The molecule has 1 saturated heterocycles. The first-order valence-corrected chi connectivity index (χ1v) is 8.55. The minimum atomic E-state index is -5.77. The van der Waals surface area contributed by atoms with E-state index in [0.29, 0.717) is 24.1 Å². The van der Waals surface area contributed by atoms with Gasteiger partial charge in [0.05, 0.1) is 0 Å². The zero-order valence-corrected chi connectivity index (χ0v) is 14.5. The van der Waals surface area contributed by atoms with Crippen molar-refractivity contribution in [3.8, 4) is 11.6 Å². The van der Waals surface area contributed by atoms with Crippen LogP contribution in [0.15, 0.2) is 35.2 Å². The van der Waals surface area contributed by atoms with Gasteiger partial charge < -0.3 is 9.32 Å². The van der Waals surface area contributed by atoms with E-state index in [4.69, 9.17) is 4.42 Å². The highest BCUT2D eigenvalue weighted by molar-refractivity contribution is 5.92. The van der Waals surface area contributed by atoms with E-state index in [9.17, 15) is 22.0 Å². The van der Waals surface area contributed by atoms with E-state index in [2.05, 4.69) is 20.2 Å². The monoisotopic (exact) mass is 410 g/mol. The highest BCUT2D eigenvalue weighted by Gasteiger charge is 2.60. The topological polar surface area (TPSA) is 72.4 Å². The first kappa shape index (κ1) is 17.8. The third-order valence-corrected chi connectivity index (χ3v) is 4.83. The van der Waals surface area contributed by atoms with Gasteiger partial charge in [-0.15, -0.1) is 10.2 Å². The van der Waals surface area contributed by atoms with E-state index >= 15 is 0 Å². The smallest absolute Gasteiger partial charge is 0.422 e. The number of rotatable bonds is 3. The largest absolute Gasteiger partial charge is 0.459 e. The average molecular weight is 410 g/mol. The molecular formula is C17H11F5N6O. The molecule has 1 aliphatic rings. The number of aromatic nitrogens is 5. The Morgan fingerprint density at radius 1 is 1.03 bits per heavy atom. The van der Waals surface area contributed by atoms with Crippen molar-refractivity contribution in [1.29, 1.82) is 0 Å². The summed E-state index contributed by atoms with van der Waals surface area (Å²) >= 11 is 0. The van der Waals surface area contributed by atoms with E-state index in [1.807, 2.05) is 0 Å². The van der Waals surface area contributed by atoms with Gasteiger partial charge >= 0.3 is 12.1 Å². The molecule has 0 aliphatic carbocycles. The maximum absolute atomic E-state index is 14.1. The molecule has 7 nitrogen and oxygen atoms in total. The average Bonchev–Trinajstić information content (AvgIpc) is 3.28. The van der Waals surface area contributed by atoms with Crippen LogP contribution in [-0.4, -0.2) is 43.8 Å². The Morgan fingerprint density at radius 2 is 1.83 bits per heavy atom. The normalized spacial score (nSPS) is 15.3. The van der Waals surface area contributed by atoms with E-state index in [1.165, 1.54) is 10.6 Å². The minimum Gasteiger partial charge on any atom is -0.422 e. The second kappa shape index (κ2) is 5.84. The van der Waals surface area contributed by atoms with Crippen LogP contribution in [0, 0.1) is 0 Å². The molecule has 5 heterocycles. The third-order valence-electron chi connectivity index (χ3n) is 4.83. The fraction of sp³-hybridized carbons (Fsp3) is 0.294. The molecule has 150 valence electrons. The second-order valence-corrected chi connectivity index (χ2v) is 6.61. The van der Waals surface area contributed by atoms with Gasteiger partial charge in [-0.05, 0) is 24.6 Å². The van der Waals surface area contributed by atoms with Crippen LogP contribution in [0.4, 0.5) is 27.6 Å². The fourth-order valence-electron chi connectivity index (χ4n) is 3.22. The number of pyridine rings is 2. The molecule has 1 fully saturated rings. The van der Waals surface area contributed by atoms with Gasteiger partial charge in [0.15, 0.2) is 0 Å². The van der Waals surface area contributed by atoms with Crippen molar-refractivity contribution in [3.05, 3.63) is 36.5 Å². The summed E-state index contributed by atoms with van der Waals surface area (Å²) in [5, 5.41) is 7.72. The maximum atomic E-state index is 14.1. The molecule has 12 heteroatoms. The molecule has 0 amide bonds. The second-order valence-electron chi connectivity index (χ2n) is 6.61. The lowest BCUT2D eigenvalue weighted by Crippen LogP contribution is -2.38. The molecule has 0 unspecified atom stereocenters. The van der Waals surface area contributed by atoms with Crippen molar-refractivity contribution in [2.24, 2.45) is 0 Å². The number of imidazole rings is 1. The molecule has 1 aliphatic heterocycles. The Bertz CT molecular complexity index is 1210. The van der Waals surface area contributed by atoms with Gasteiger partial charge in [-0.2, -0.15) is 22.0 Å². The lowest BCUT2D eigenvalue weighted by molar-refractivity contribution is -0.290. The van der Waals surface area contributed by atoms with Gasteiger partial charge in [0.1, 0.15) is 22.7 Å². The van der Waals surface area contributed by atoms with Crippen LogP contribution in [0.25, 0.3) is 28.3 Å². The molecule has 0 atom stereocenters. The van der Waals surface area contributed by atoms with Crippen molar-refractivity contribution in [2.45, 2.75) is 18.5 Å². The van der Waals surface area contributed by atoms with Crippen LogP contribution < -0.4 is 4.90 Å². The molecule has 0 bridgehead atoms. The summed E-state index contributed by atoms with van der Waals surface area (Å²) in [6, 6.07) is 4.04. The fourth-order valence-corrected chi connectivity index (χ4v) is 3.22. The number of alkyl halides is 5. The highest BCUT2D eigenvalue weighted by atomic mass is 19.4. The van der Waals surface area contributed by atoms with E-state index in [-0.39, 0.29) is 22.9 Å². The van der Waals surface area contributed by atoms with Gasteiger partial charge in [-0.3, -0.25) is 4.40 Å². The summed E-state index contributed by atoms with van der Waals surface area (Å²) in [4.78, 5) is 9.69. The third kappa shape index (κ3) is 2.62. The van der Waals surface area contributed by atoms with Crippen LogP contribution in [0.5, 0.6) is 0 Å². The van der Waals surface area contributed by atoms with Crippen LogP contribution >= 0.6 is 0 Å². The number of halogens is 5. The molecule has 0 radical (unpaired) electrons. The first-order valence-electron chi connectivity index (χ1n) is 8.55. The summed E-state index contributed by atoms with van der Waals surface area (Å²) in [6.07, 6.45) is -2.44. The zero-order chi connectivity index (χ0) is 20.4. The standard InChI is InChI=1S/C17H11F5N6O/c18-16(19,17(20,21)22)12-6-11(27-4-1-5-27)9-2-3-13-24-10(15-26-23-8-29-15)7-28(13)14(9)25-12/h2-3,6-8H,1,4-5H2. The number of hydrogen-bond acceptors (Lipinski definition) is 6. The number of fused-ring (bicyclic) bond motifs is 3. The Balaban J connectivity index is 1.80. The molecular weight excluding hydrogens is 399 g/mol. The molecule has 29 heavy (non-hydrogen) atoms. The first-order chi connectivity index (χ1) is 13.8. The molecule has 4 aromatic rings. The Labute approximate surface area is 158 Å². The zero-order valence-electron chi connectivity index (χ0n) is 14.5. The molecule has 0 aromatic carbocycles. The van der Waals surface area contributed by atoms with Crippen molar-refractivity contribution < 1.29 is 26.4 Å². The number of anilines is 1. The predicted molar refractivity (Wildman–Crippen MR) is 90.6 cm³/mol. The van der Waals surface area contributed by atoms with Crippen molar-refractivity contribution in [1.82, 2.24) is 24.6 Å². The van der Waals surface area contributed by atoms with Gasteiger partial charge in [0, 0.05) is 30.4 Å². The lowest BCUT2D eigenvalue weighted by atomic mass is 10.1. The molecule has 5 rings (SSSR count).